The highest BCUT2D eigenvalue weighted by Crippen LogP contribution is 2.27. The van der Waals surface area contributed by atoms with Crippen molar-refractivity contribution < 1.29 is 9.53 Å². The fourth-order valence-corrected chi connectivity index (χ4v) is 4.27. The van der Waals surface area contributed by atoms with Gasteiger partial charge in [0.25, 0.3) is 0 Å². The van der Waals surface area contributed by atoms with Gasteiger partial charge in [-0.3, -0.25) is 9.79 Å². The van der Waals surface area contributed by atoms with Gasteiger partial charge in [0, 0.05) is 45.2 Å². The van der Waals surface area contributed by atoms with Crippen molar-refractivity contribution in [2.75, 3.05) is 26.7 Å². The highest BCUT2D eigenvalue weighted by molar-refractivity contribution is 5.81. The Hall–Kier alpha value is -2.08. The van der Waals surface area contributed by atoms with E-state index in [0.717, 1.165) is 51.3 Å². The number of benzene rings is 1. The molecule has 3 rings (SSSR count). The normalized spacial score (nSPS) is 20.3. The molecule has 1 aliphatic carbocycles. The Morgan fingerprint density at radius 2 is 1.97 bits per heavy atom. The lowest BCUT2D eigenvalue weighted by Gasteiger charge is -2.21. The van der Waals surface area contributed by atoms with Crippen molar-refractivity contribution in [2.45, 2.75) is 64.6 Å². The summed E-state index contributed by atoms with van der Waals surface area (Å²) in [6, 6.07) is 8.61. The molecule has 29 heavy (non-hydrogen) atoms. The van der Waals surface area contributed by atoms with Crippen LogP contribution in [0.25, 0.3) is 0 Å². The van der Waals surface area contributed by atoms with Crippen LogP contribution in [-0.2, 0) is 22.7 Å². The molecule has 0 aromatic heterocycles. The Labute approximate surface area is 175 Å². The topological polar surface area (TPSA) is 66.0 Å². The molecular formula is C23H36N4O2. The number of nitrogens with zero attached hydrogens (tertiary/aromatic N) is 2. The number of ether oxygens (including phenoxy) is 1. The first-order chi connectivity index (χ1) is 14.2. The lowest BCUT2D eigenvalue weighted by molar-refractivity contribution is -0.134. The molecule has 1 unspecified atom stereocenters. The third-order valence-corrected chi connectivity index (χ3v) is 5.94. The van der Waals surface area contributed by atoms with Crippen LogP contribution >= 0.6 is 0 Å². The van der Waals surface area contributed by atoms with Gasteiger partial charge in [-0.2, -0.15) is 0 Å². The SMILES string of the molecule is CCCOCc1ccccc1CNC(=NC)NC1CCN(C(=O)C2CCCC2)C1. The number of carbonyl (C=O) groups is 1. The number of aliphatic imine (C=N–C) groups is 1. The molecular weight excluding hydrogens is 364 g/mol. The van der Waals surface area contributed by atoms with Gasteiger partial charge in [0.05, 0.1) is 6.61 Å². The summed E-state index contributed by atoms with van der Waals surface area (Å²) < 4.78 is 5.72. The van der Waals surface area contributed by atoms with Crippen molar-refractivity contribution >= 4 is 11.9 Å². The van der Waals surface area contributed by atoms with Crippen molar-refractivity contribution in [3.8, 4) is 0 Å². The number of amides is 1. The van der Waals surface area contributed by atoms with E-state index in [1.807, 2.05) is 4.90 Å². The van der Waals surface area contributed by atoms with Gasteiger partial charge in [0.1, 0.15) is 0 Å². The molecule has 0 bridgehead atoms. The molecule has 1 heterocycles. The van der Waals surface area contributed by atoms with Crippen LogP contribution in [-0.4, -0.2) is 49.6 Å². The zero-order chi connectivity index (χ0) is 20.5. The van der Waals surface area contributed by atoms with Gasteiger partial charge in [-0.1, -0.05) is 44.0 Å². The summed E-state index contributed by atoms with van der Waals surface area (Å²) in [6.45, 7) is 5.86. The number of hydrogen-bond donors (Lipinski definition) is 2. The number of hydrogen-bond acceptors (Lipinski definition) is 3. The van der Waals surface area contributed by atoms with E-state index in [-0.39, 0.29) is 12.0 Å². The first kappa shape index (κ1) is 21.6. The van der Waals surface area contributed by atoms with E-state index in [1.54, 1.807) is 7.05 Å². The Balaban J connectivity index is 1.47. The van der Waals surface area contributed by atoms with Gasteiger partial charge in [-0.25, -0.2) is 0 Å². The predicted molar refractivity (Wildman–Crippen MR) is 117 cm³/mol. The number of rotatable bonds is 8. The van der Waals surface area contributed by atoms with E-state index < -0.39 is 0 Å². The second-order valence-electron chi connectivity index (χ2n) is 8.14. The quantitative estimate of drug-likeness (QED) is 0.400. The minimum absolute atomic E-state index is 0.259. The van der Waals surface area contributed by atoms with E-state index in [9.17, 15) is 4.79 Å². The Morgan fingerprint density at radius 3 is 2.69 bits per heavy atom. The maximum atomic E-state index is 12.6. The summed E-state index contributed by atoms with van der Waals surface area (Å²) in [5.74, 6) is 1.41. The van der Waals surface area contributed by atoms with E-state index in [1.165, 1.54) is 24.0 Å². The number of carbonyl (C=O) groups excluding carboxylic acids is 1. The number of likely N-dealkylation sites (tertiary alicyclic amines) is 1. The Kier molecular flexibility index (Phi) is 8.35. The van der Waals surface area contributed by atoms with Crippen molar-refractivity contribution in [3.05, 3.63) is 35.4 Å². The van der Waals surface area contributed by atoms with Gasteiger partial charge < -0.3 is 20.3 Å². The lowest BCUT2D eigenvalue weighted by Crippen LogP contribution is -2.45. The monoisotopic (exact) mass is 400 g/mol. The minimum Gasteiger partial charge on any atom is -0.377 e. The summed E-state index contributed by atoms with van der Waals surface area (Å²) in [4.78, 5) is 19.1. The summed E-state index contributed by atoms with van der Waals surface area (Å²) in [5.41, 5.74) is 2.43. The molecule has 2 aliphatic rings. The van der Waals surface area contributed by atoms with Gasteiger partial charge in [0.15, 0.2) is 5.96 Å². The molecule has 1 aromatic rings. The molecule has 1 aromatic carbocycles. The summed E-state index contributed by atoms with van der Waals surface area (Å²) >= 11 is 0. The molecule has 1 saturated heterocycles. The zero-order valence-corrected chi connectivity index (χ0v) is 18.0. The van der Waals surface area contributed by atoms with Crippen LogP contribution in [0.5, 0.6) is 0 Å². The molecule has 0 radical (unpaired) electrons. The first-order valence-electron chi connectivity index (χ1n) is 11.1. The van der Waals surface area contributed by atoms with Crippen molar-refractivity contribution in [1.82, 2.24) is 15.5 Å². The largest absolute Gasteiger partial charge is 0.377 e. The Bertz CT molecular complexity index is 685. The van der Waals surface area contributed by atoms with E-state index in [0.29, 0.717) is 19.1 Å². The highest BCUT2D eigenvalue weighted by atomic mass is 16.5. The third-order valence-electron chi connectivity index (χ3n) is 5.94. The molecule has 1 amide bonds. The summed E-state index contributed by atoms with van der Waals surface area (Å²) in [5, 5.41) is 6.92. The summed E-state index contributed by atoms with van der Waals surface area (Å²) in [6.07, 6.45) is 6.54. The maximum absolute atomic E-state index is 12.6. The summed E-state index contributed by atoms with van der Waals surface area (Å²) in [7, 11) is 1.79. The predicted octanol–water partition coefficient (Wildman–Crippen LogP) is 3.07. The standard InChI is InChI=1S/C23H36N4O2/c1-3-14-29-17-20-11-7-6-10-19(20)15-25-23(24-2)26-21-12-13-27(16-21)22(28)18-8-4-5-9-18/h6-7,10-11,18,21H,3-5,8-9,12-17H2,1-2H3,(H2,24,25,26). The zero-order valence-electron chi connectivity index (χ0n) is 18.0. The molecule has 1 atom stereocenters. The van der Waals surface area contributed by atoms with Gasteiger partial charge in [-0.05, 0) is 36.8 Å². The van der Waals surface area contributed by atoms with Crippen LogP contribution in [0, 0.1) is 5.92 Å². The molecule has 1 aliphatic heterocycles. The van der Waals surface area contributed by atoms with Gasteiger partial charge in [-0.15, -0.1) is 0 Å². The molecule has 1 saturated carbocycles. The van der Waals surface area contributed by atoms with Gasteiger partial charge in [0.2, 0.25) is 5.91 Å². The average Bonchev–Trinajstić information content (AvgIpc) is 3.44. The molecule has 6 nitrogen and oxygen atoms in total. The fourth-order valence-electron chi connectivity index (χ4n) is 4.27. The van der Waals surface area contributed by atoms with Crippen LogP contribution in [0.1, 0.15) is 56.6 Å². The highest BCUT2D eigenvalue weighted by Gasteiger charge is 2.32. The van der Waals surface area contributed by atoms with Crippen LogP contribution in [0.3, 0.4) is 0 Å². The number of nitrogens with one attached hydrogen (secondary N) is 2. The smallest absolute Gasteiger partial charge is 0.225 e. The van der Waals surface area contributed by atoms with Crippen molar-refractivity contribution in [3.63, 3.8) is 0 Å². The van der Waals surface area contributed by atoms with Crippen molar-refractivity contribution in [2.24, 2.45) is 10.9 Å². The van der Waals surface area contributed by atoms with Crippen LogP contribution in [0.2, 0.25) is 0 Å². The van der Waals surface area contributed by atoms with E-state index >= 15 is 0 Å². The molecule has 2 N–H and O–H groups in total. The second-order valence-corrected chi connectivity index (χ2v) is 8.14. The minimum atomic E-state index is 0.259. The molecule has 2 fully saturated rings. The van der Waals surface area contributed by atoms with Crippen LogP contribution < -0.4 is 10.6 Å². The van der Waals surface area contributed by atoms with Crippen molar-refractivity contribution in [1.29, 1.82) is 0 Å². The van der Waals surface area contributed by atoms with E-state index in [2.05, 4.69) is 46.8 Å². The fraction of sp³-hybridized carbons (Fsp3) is 0.652. The maximum Gasteiger partial charge on any atom is 0.225 e. The van der Waals surface area contributed by atoms with E-state index in [4.69, 9.17) is 4.74 Å². The second kappa shape index (κ2) is 11.2. The Morgan fingerprint density at radius 1 is 1.21 bits per heavy atom. The molecule has 0 spiro atoms. The van der Waals surface area contributed by atoms with Crippen LogP contribution in [0.4, 0.5) is 0 Å². The first-order valence-corrected chi connectivity index (χ1v) is 11.1. The lowest BCUT2D eigenvalue weighted by atomic mass is 10.1. The number of guanidine groups is 1. The average molecular weight is 401 g/mol. The van der Waals surface area contributed by atoms with Crippen LogP contribution in [0.15, 0.2) is 29.3 Å². The molecule has 160 valence electrons. The van der Waals surface area contributed by atoms with Gasteiger partial charge >= 0.3 is 0 Å². The molecule has 6 heteroatoms. The third kappa shape index (κ3) is 6.20.